The molecule has 2 N–H and O–H groups in total. The normalized spacial score (nSPS) is 11.1. The first-order valence-electron chi connectivity index (χ1n) is 15.2. The Balaban J connectivity index is 2.49. The fraction of sp³-hybridized carbons (Fsp3) is 0.750. The number of aliphatic carboxylic acids is 2. The Kier molecular flexibility index (Phi) is 20.6. The molecule has 0 heterocycles. The summed E-state index contributed by atoms with van der Waals surface area (Å²) in [6, 6.07) is 6.56. The molecule has 0 saturated heterocycles. The van der Waals surface area contributed by atoms with Gasteiger partial charge in [-0.3, -0.25) is 9.59 Å². The molecule has 0 spiro atoms. The highest BCUT2D eigenvalue weighted by atomic mass is 16.5. The molecule has 0 bridgehead atoms. The number of hydrogen-bond acceptors (Lipinski definition) is 3. The zero-order valence-corrected chi connectivity index (χ0v) is 23.6. The van der Waals surface area contributed by atoms with Gasteiger partial charge in [-0.15, -0.1) is 0 Å². The summed E-state index contributed by atoms with van der Waals surface area (Å²) in [7, 11) is 0. The SMILES string of the molecule is CCCCCCCCOc1cccc(CCCCCCCCC(=O)O)c1CCCCCCCCC(=O)O. The molecule has 0 unspecified atom stereocenters. The molecule has 0 aliphatic rings. The number of carboxylic acid groups (broad SMARTS) is 2. The average molecular weight is 519 g/mol. The predicted octanol–water partition coefficient (Wildman–Crippen LogP) is 9.14. The van der Waals surface area contributed by atoms with Crippen molar-refractivity contribution in [3.8, 4) is 5.75 Å². The van der Waals surface area contributed by atoms with Gasteiger partial charge in [-0.25, -0.2) is 0 Å². The summed E-state index contributed by atoms with van der Waals surface area (Å²) < 4.78 is 6.30. The van der Waals surface area contributed by atoms with Crippen LogP contribution in [0.4, 0.5) is 0 Å². The van der Waals surface area contributed by atoms with E-state index in [0.29, 0.717) is 0 Å². The van der Waals surface area contributed by atoms with Gasteiger partial charge in [-0.05, 0) is 62.1 Å². The fourth-order valence-electron chi connectivity index (χ4n) is 4.91. The Hall–Kier alpha value is -2.04. The number of unbranched alkanes of at least 4 members (excludes halogenated alkanes) is 15. The summed E-state index contributed by atoms with van der Waals surface area (Å²) in [6.07, 6.45) is 23.1. The molecule has 1 rings (SSSR count). The van der Waals surface area contributed by atoms with Crippen LogP contribution in [0.3, 0.4) is 0 Å². The minimum absolute atomic E-state index is 0.287. The molecule has 1 aromatic carbocycles. The van der Waals surface area contributed by atoms with Gasteiger partial charge in [0.1, 0.15) is 5.75 Å². The van der Waals surface area contributed by atoms with Crippen molar-refractivity contribution >= 4 is 11.9 Å². The number of rotatable bonds is 26. The molecule has 0 aliphatic carbocycles. The number of carbonyl (C=O) groups is 2. The van der Waals surface area contributed by atoms with Crippen LogP contribution < -0.4 is 4.74 Å². The lowest BCUT2D eigenvalue weighted by Crippen LogP contribution is -2.04. The van der Waals surface area contributed by atoms with E-state index in [9.17, 15) is 9.59 Å². The summed E-state index contributed by atoms with van der Waals surface area (Å²) in [5.74, 6) is -0.311. The highest BCUT2D eigenvalue weighted by Gasteiger charge is 2.10. The molecule has 0 radical (unpaired) electrons. The van der Waals surface area contributed by atoms with Crippen molar-refractivity contribution in [3.05, 3.63) is 29.3 Å². The van der Waals surface area contributed by atoms with Crippen LogP contribution in [0, 0.1) is 0 Å². The zero-order valence-electron chi connectivity index (χ0n) is 23.6. The third-order valence-corrected chi connectivity index (χ3v) is 7.14. The summed E-state index contributed by atoms with van der Waals surface area (Å²) in [4.78, 5) is 21.3. The van der Waals surface area contributed by atoms with Crippen molar-refractivity contribution in [2.45, 2.75) is 148 Å². The second-order valence-electron chi connectivity index (χ2n) is 10.5. The van der Waals surface area contributed by atoms with E-state index in [1.165, 1.54) is 62.5 Å². The molecule has 0 aromatic heterocycles. The van der Waals surface area contributed by atoms with Crippen molar-refractivity contribution in [2.75, 3.05) is 6.61 Å². The predicted molar refractivity (Wildman–Crippen MR) is 153 cm³/mol. The minimum atomic E-state index is -0.691. The van der Waals surface area contributed by atoms with Gasteiger partial charge in [-0.1, -0.05) is 103 Å². The van der Waals surface area contributed by atoms with E-state index in [-0.39, 0.29) is 12.8 Å². The monoisotopic (exact) mass is 518 g/mol. The number of benzene rings is 1. The molecule has 0 saturated carbocycles. The number of aryl methyl sites for hydroxylation is 1. The van der Waals surface area contributed by atoms with Gasteiger partial charge in [0.05, 0.1) is 6.61 Å². The molecule has 0 aliphatic heterocycles. The van der Waals surface area contributed by atoms with Gasteiger partial charge in [0.2, 0.25) is 0 Å². The Labute approximate surface area is 226 Å². The number of ether oxygens (including phenoxy) is 1. The zero-order chi connectivity index (χ0) is 27.0. The van der Waals surface area contributed by atoms with Gasteiger partial charge >= 0.3 is 11.9 Å². The Morgan fingerprint density at radius 2 is 1.11 bits per heavy atom. The lowest BCUT2D eigenvalue weighted by atomic mass is 9.95. The van der Waals surface area contributed by atoms with Crippen LogP contribution in [0.25, 0.3) is 0 Å². The Morgan fingerprint density at radius 3 is 1.68 bits per heavy atom. The lowest BCUT2D eigenvalue weighted by molar-refractivity contribution is -0.138. The molecule has 37 heavy (non-hydrogen) atoms. The largest absolute Gasteiger partial charge is 0.493 e. The first kappa shape index (κ1) is 33.0. The second kappa shape index (κ2) is 23.1. The summed E-state index contributed by atoms with van der Waals surface area (Å²) >= 11 is 0. The fourth-order valence-corrected chi connectivity index (χ4v) is 4.91. The summed E-state index contributed by atoms with van der Waals surface area (Å²) in [5.41, 5.74) is 2.81. The Morgan fingerprint density at radius 1 is 0.622 bits per heavy atom. The molecule has 5 nitrogen and oxygen atoms in total. The van der Waals surface area contributed by atoms with E-state index in [2.05, 4.69) is 25.1 Å². The van der Waals surface area contributed by atoms with E-state index in [4.69, 9.17) is 14.9 Å². The highest BCUT2D eigenvalue weighted by molar-refractivity contribution is 5.66. The maximum atomic E-state index is 10.7. The summed E-state index contributed by atoms with van der Waals surface area (Å²) in [5, 5.41) is 17.5. The van der Waals surface area contributed by atoms with Crippen LogP contribution >= 0.6 is 0 Å². The van der Waals surface area contributed by atoms with E-state index < -0.39 is 11.9 Å². The van der Waals surface area contributed by atoms with Gasteiger partial charge in [0, 0.05) is 12.8 Å². The van der Waals surface area contributed by atoms with E-state index in [0.717, 1.165) is 89.4 Å². The molecule has 1 aromatic rings. The van der Waals surface area contributed by atoms with Crippen molar-refractivity contribution in [2.24, 2.45) is 0 Å². The van der Waals surface area contributed by atoms with Crippen LogP contribution in [0.5, 0.6) is 5.75 Å². The molecule has 0 atom stereocenters. The molecular weight excluding hydrogens is 464 g/mol. The first-order chi connectivity index (χ1) is 18.0. The standard InChI is InChI=1S/C32H54O5/c1-2-3-4-5-14-19-27-37-30-24-20-22-28(21-15-10-6-8-12-17-25-31(33)34)29(30)23-16-11-7-9-13-18-26-32(35)36/h20,22,24H,2-19,21,23,25-27H2,1H3,(H,33,34)(H,35,36). The van der Waals surface area contributed by atoms with Crippen molar-refractivity contribution in [1.29, 1.82) is 0 Å². The van der Waals surface area contributed by atoms with Crippen LogP contribution in [0.15, 0.2) is 18.2 Å². The van der Waals surface area contributed by atoms with E-state index in [1.807, 2.05) is 0 Å². The molecule has 0 amide bonds. The average Bonchev–Trinajstić information content (AvgIpc) is 2.87. The quantitative estimate of drug-likeness (QED) is 0.119. The maximum Gasteiger partial charge on any atom is 0.303 e. The van der Waals surface area contributed by atoms with Gasteiger partial charge in [-0.2, -0.15) is 0 Å². The van der Waals surface area contributed by atoms with Crippen LogP contribution in [-0.4, -0.2) is 28.8 Å². The molecule has 5 heteroatoms. The number of hydrogen-bond donors (Lipinski definition) is 2. The van der Waals surface area contributed by atoms with Crippen molar-refractivity contribution in [3.63, 3.8) is 0 Å². The lowest BCUT2D eigenvalue weighted by Gasteiger charge is -2.16. The third kappa shape index (κ3) is 18.8. The van der Waals surface area contributed by atoms with E-state index in [1.54, 1.807) is 0 Å². The second-order valence-corrected chi connectivity index (χ2v) is 10.5. The van der Waals surface area contributed by atoms with Crippen LogP contribution in [0.2, 0.25) is 0 Å². The topological polar surface area (TPSA) is 83.8 Å². The third-order valence-electron chi connectivity index (χ3n) is 7.14. The molecular formula is C32H54O5. The molecule has 212 valence electrons. The minimum Gasteiger partial charge on any atom is -0.493 e. The molecule has 0 fully saturated rings. The Bertz CT molecular complexity index is 715. The van der Waals surface area contributed by atoms with Gasteiger partial charge < -0.3 is 14.9 Å². The van der Waals surface area contributed by atoms with E-state index >= 15 is 0 Å². The van der Waals surface area contributed by atoms with Crippen LogP contribution in [-0.2, 0) is 22.4 Å². The number of carboxylic acids is 2. The van der Waals surface area contributed by atoms with Gasteiger partial charge in [0.25, 0.3) is 0 Å². The van der Waals surface area contributed by atoms with Crippen molar-refractivity contribution in [1.82, 2.24) is 0 Å². The first-order valence-corrected chi connectivity index (χ1v) is 15.2. The maximum absolute atomic E-state index is 10.7. The summed E-state index contributed by atoms with van der Waals surface area (Å²) in [6.45, 7) is 3.04. The highest BCUT2D eigenvalue weighted by Crippen LogP contribution is 2.27. The van der Waals surface area contributed by atoms with Gasteiger partial charge in [0.15, 0.2) is 0 Å². The smallest absolute Gasteiger partial charge is 0.303 e. The van der Waals surface area contributed by atoms with Crippen LogP contribution in [0.1, 0.15) is 146 Å². The van der Waals surface area contributed by atoms with Crippen molar-refractivity contribution < 1.29 is 24.5 Å².